The standard InChI is InChI=1S/C8H15BN4O3/c1-2-15-8(14)7-3-6(12-13-11)4-9(7)16-5-10/h6-7H,2-5,10H2,1H3/t6-,7+/m1/s1. The average Bonchev–Trinajstić information content (AvgIpc) is 2.63. The fraction of sp³-hybridized carbons (Fsp3) is 0.875. The maximum Gasteiger partial charge on any atom is 0.309 e. The lowest BCUT2D eigenvalue weighted by molar-refractivity contribution is -0.143. The third kappa shape index (κ3) is 3.13. The number of hydrogen-bond donors (Lipinski definition) is 1. The molecule has 8 heteroatoms. The molecule has 1 aliphatic heterocycles. The maximum absolute atomic E-state index is 11.6. The predicted octanol–water partition coefficient (Wildman–Crippen LogP) is 0.927. The van der Waals surface area contributed by atoms with Crippen molar-refractivity contribution in [3.05, 3.63) is 10.4 Å². The second-order valence-corrected chi connectivity index (χ2v) is 3.56. The molecule has 0 aromatic heterocycles. The van der Waals surface area contributed by atoms with Crippen LogP contribution in [0.4, 0.5) is 0 Å². The topological polar surface area (TPSA) is 110 Å². The van der Waals surface area contributed by atoms with Crippen molar-refractivity contribution in [1.82, 2.24) is 0 Å². The number of hydrogen-bond acceptors (Lipinski definition) is 5. The van der Waals surface area contributed by atoms with Gasteiger partial charge in [0.05, 0.1) is 19.2 Å². The molecule has 7 nitrogen and oxygen atoms in total. The van der Waals surface area contributed by atoms with Crippen LogP contribution >= 0.6 is 0 Å². The molecule has 1 heterocycles. The number of rotatable bonds is 5. The minimum atomic E-state index is -0.376. The molecule has 1 saturated heterocycles. The lowest BCUT2D eigenvalue weighted by Crippen LogP contribution is -2.29. The molecule has 0 saturated carbocycles. The zero-order chi connectivity index (χ0) is 12.0. The van der Waals surface area contributed by atoms with E-state index in [0.717, 1.165) is 0 Å². The summed E-state index contributed by atoms with van der Waals surface area (Å²) in [7, 11) is 0. The number of nitrogens with two attached hydrogens (primary N) is 1. The lowest BCUT2D eigenvalue weighted by Gasteiger charge is -2.14. The van der Waals surface area contributed by atoms with Gasteiger partial charge in [-0.1, -0.05) is 5.11 Å². The molecule has 0 bridgehead atoms. The van der Waals surface area contributed by atoms with Gasteiger partial charge in [0, 0.05) is 11.0 Å². The van der Waals surface area contributed by atoms with Crippen molar-refractivity contribution in [2.45, 2.75) is 31.5 Å². The SMILES string of the molecule is CCOC(=O)[C@@H]1C[C@@H](N=[N+]=[N-])CB1OCN. The van der Waals surface area contributed by atoms with Gasteiger partial charge in [-0.2, -0.15) is 0 Å². The first-order valence-corrected chi connectivity index (χ1v) is 5.25. The molecular weight excluding hydrogens is 211 g/mol. The molecule has 2 N–H and O–H groups in total. The number of esters is 1. The Morgan fingerprint density at radius 2 is 2.50 bits per heavy atom. The molecule has 0 amide bonds. The highest BCUT2D eigenvalue weighted by molar-refractivity contribution is 6.59. The Hall–Kier alpha value is -1.24. The third-order valence-electron chi connectivity index (χ3n) is 2.59. The first-order valence-electron chi connectivity index (χ1n) is 5.25. The van der Waals surface area contributed by atoms with Crippen molar-refractivity contribution >= 4 is 12.9 Å². The van der Waals surface area contributed by atoms with E-state index in [1.165, 1.54) is 0 Å². The summed E-state index contributed by atoms with van der Waals surface area (Å²) in [5, 5.41) is 3.60. The van der Waals surface area contributed by atoms with Gasteiger partial charge in [-0.25, -0.2) is 0 Å². The highest BCUT2D eigenvalue weighted by atomic mass is 16.5. The van der Waals surface area contributed by atoms with Crippen LogP contribution < -0.4 is 5.73 Å². The summed E-state index contributed by atoms with van der Waals surface area (Å²) in [5.41, 5.74) is 13.6. The summed E-state index contributed by atoms with van der Waals surface area (Å²) in [4.78, 5) is 14.3. The van der Waals surface area contributed by atoms with E-state index in [1.807, 2.05) is 0 Å². The smallest absolute Gasteiger partial charge is 0.309 e. The Balaban J connectivity index is 2.64. The minimum absolute atomic E-state index is 0.0452. The van der Waals surface area contributed by atoms with Crippen molar-refractivity contribution in [2.75, 3.05) is 13.3 Å². The maximum atomic E-state index is 11.6. The van der Waals surface area contributed by atoms with E-state index in [4.69, 9.17) is 20.7 Å². The fourth-order valence-electron chi connectivity index (χ4n) is 1.95. The van der Waals surface area contributed by atoms with Crippen molar-refractivity contribution in [3.63, 3.8) is 0 Å². The van der Waals surface area contributed by atoms with Gasteiger partial charge < -0.3 is 15.1 Å². The van der Waals surface area contributed by atoms with Gasteiger partial charge in [0.25, 0.3) is 0 Å². The van der Waals surface area contributed by atoms with E-state index in [-0.39, 0.29) is 31.5 Å². The first-order chi connectivity index (χ1) is 7.72. The van der Waals surface area contributed by atoms with E-state index in [0.29, 0.717) is 19.3 Å². The molecule has 0 spiro atoms. The van der Waals surface area contributed by atoms with Crippen molar-refractivity contribution < 1.29 is 14.2 Å². The Morgan fingerprint density at radius 3 is 3.06 bits per heavy atom. The molecule has 16 heavy (non-hydrogen) atoms. The zero-order valence-corrected chi connectivity index (χ0v) is 9.20. The number of ether oxygens (including phenoxy) is 1. The fourth-order valence-corrected chi connectivity index (χ4v) is 1.95. The molecule has 0 radical (unpaired) electrons. The molecule has 1 aliphatic rings. The Kier molecular flexibility index (Phi) is 5.11. The molecule has 1 rings (SSSR count). The summed E-state index contributed by atoms with van der Waals surface area (Å²) in [6.45, 7) is 1.82. The van der Waals surface area contributed by atoms with E-state index in [2.05, 4.69) is 10.0 Å². The number of nitrogens with zero attached hydrogens (tertiary/aromatic N) is 3. The number of carbonyl (C=O) groups is 1. The summed E-state index contributed by atoms with van der Waals surface area (Å²) >= 11 is 0. The van der Waals surface area contributed by atoms with Crippen LogP contribution in [0.5, 0.6) is 0 Å². The minimum Gasteiger partial charge on any atom is -0.466 e. The average molecular weight is 226 g/mol. The molecule has 2 atom stereocenters. The molecule has 0 aromatic rings. The molecule has 0 aliphatic carbocycles. The Bertz CT molecular complexity index is 295. The van der Waals surface area contributed by atoms with E-state index < -0.39 is 0 Å². The van der Waals surface area contributed by atoms with Gasteiger partial charge >= 0.3 is 12.9 Å². The van der Waals surface area contributed by atoms with Gasteiger partial charge in [0.1, 0.15) is 0 Å². The highest BCUT2D eigenvalue weighted by Crippen LogP contribution is 2.34. The summed E-state index contributed by atoms with van der Waals surface area (Å²) in [5.74, 6) is -0.685. The van der Waals surface area contributed by atoms with Crippen LogP contribution in [0.15, 0.2) is 5.11 Å². The van der Waals surface area contributed by atoms with Crippen LogP contribution in [-0.2, 0) is 14.2 Å². The van der Waals surface area contributed by atoms with Crippen LogP contribution in [0, 0.1) is 0 Å². The molecule has 88 valence electrons. The monoisotopic (exact) mass is 226 g/mol. The predicted molar refractivity (Wildman–Crippen MR) is 58.6 cm³/mol. The normalized spacial score (nSPS) is 24.0. The third-order valence-corrected chi connectivity index (χ3v) is 2.59. The van der Waals surface area contributed by atoms with Crippen LogP contribution in [0.1, 0.15) is 13.3 Å². The molecule has 1 fully saturated rings. The Labute approximate surface area is 94.0 Å². The van der Waals surface area contributed by atoms with Crippen LogP contribution in [0.3, 0.4) is 0 Å². The largest absolute Gasteiger partial charge is 0.466 e. The second-order valence-electron chi connectivity index (χ2n) is 3.56. The molecular formula is C8H15BN4O3. The van der Waals surface area contributed by atoms with Gasteiger partial charge in [0.2, 0.25) is 0 Å². The van der Waals surface area contributed by atoms with Crippen LogP contribution in [-0.4, -0.2) is 32.3 Å². The van der Waals surface area contributed by atoms with E-state index in [1.54, 1.807) is 6.92 Å². The molecule has 0 aromatic carbocycles. The van der Waals surface area contributed by atoms with Crippen LogP contribution in [0.25, 0.3) is 10.4 Å². The van der Waals surface area contributed by atoms with E-state index in [9.17, 15) is 4.79 Å². The first kappa shape index (κ1) is 12.8. The summed E-state index contributed by atoms with van der Waals surface area (Å²) < 4.78 is 10.2. The highest BCUT2D eigenvalue weighted by Gasteiger charge is 2.43. The van der Waals surface area contributed by atoms with E-state index >= 15 is 0 Å². The van der Waals surface area contributed by atoms with Crippen molar-refractivity contribution in [2.24, 2.45) is 10.8 Å². The lowest BCUT2D eigenvalue weighted by atomic mass is 9.58. The quantitative estimate of drug-likeness (QED) is 0.187. The van der Waals surface area contributed by atoms with Crippen molar-refractivity contribution in [1.29, 1.82) is 0 Å². The van der Waals surface area contributed by atoms with Gasteiger partial charge in [0.15, 0.2) is 0 Å². The Morgan fingerprint density at radius 1 is 1.75 bits per heavy atom. The summed E-state index contributed by atoms with van der Waals surface area (Å²) in [6, 6.07) is -0.212. The van der Waals surface area contributed by atoms with Crippen molar-refractivity contribution in [3.8, 4) is 0 Å². The van der Waals surface area contributed by atoms with Gasteiger partial charge in [-0.05, 0) is 25.2 Å². The van der Waals surface area contributed by atoms with Gasteiger partial charge in [-0.3, -0.25) is 4.79 Å². The van der Waals surface area contributed by atoms with Gasteiger partial charge in [-0.15, -0.1) is 0 Å². The zero-order valence-electron chi connectivity index (χ0n) is 9.20. The number of azide groups is 1. The second kappa shape index (κ2) is 6.37. The molecule has 0 unspecified atom stereocenters. The van der Waals surface area contributed by atoms with Crippen LogP contribution in [0.2, 0.25) is 12.1 Å². The summed E-state index contributed by atoms with van der Waals surface area (Å²) in [6.07, 6.45) is 0.984. The number of carbonyl (C=O) groups excluding carboxylic acids is 1.